The van der Waals surface area contributed by atoms with Crippen molar-refractivity contribution in [1.82, 2.24) is 9.38 Å². The minimum absolute atomic E-state index is 0.215. The van der Waals surface area contributed by atoms with Gasteiger partial charge in [0, 0.05) is 17.4 Å². The van der Waals surface area contributed by atoms with Crippen molar-refractivity contribution in [3.8, 4) is 29.4 Å². The maximum Gasteiger partial charge on any atom is 0.335 e. The number of nitrogens with one attached hydrogen (secondary N) is 1. The predicted octanol–water partition coefficient (Wildman–Crippen LogP) is 4.46. The first-order valence-electron chi connectivity index (χ1n) is 8.90. The third-order valence-corrected chi connectivity index (χ3v) is 4.37. The molecule has 2 aromatic heterocycles. The highest BCUT2D eigenvalue weighted by atomic mass is 16.5. The molecule has 0 amide bonds. The molecular formula is C23H17N3O3. The molecule has 4 aromatic rings. The lowest BCUT2D eigenvalue weighted by Crippen LogP contribution is -1.99. The van der Waals surface area contributed by atoms with Gasteiger partial charge >= 0.3 is 5.97 Å². The normalized spacial score (nSPS) is 10.4. The third kappa shape index (κ3) is 3.75. The number of anilines is 2. The fraction of sp³-hybridized carbons (Fsp3) is 0.0435. The summed E-state index contributed by atoms with van der Waals surface area (Å²) in [5, 5.41) is 12.4. The standard InChI is InChI=1S/C23H17N3O3/c1-2-15-29-19-12-8-16(9-13-19)21-22(26-14-4-3-5-20(26)25-21)24-18-10-6-17(7-11-18)23(27)28/h1,3-14,24H,15H2,(H,27,28). The summed E-state index contributed by atoms with van der Waals surface area (Å²) in [7, 11) is 0. The van der Waals surface area contributed by atoms with Crippen molar-refractivity contribution >= 4 is 23.1 Å². The van der Waals surface area contributed by atoms with Gasteiger partial charge in [-0.1, -0.05) is 12.0 Å². The molecule has 0 fully saturated rings. The van der Waals surface area contributed by atoms with Crippen LogP contribution in [0.3, 0.4) is 0 Å². The van der Waals surface area contributed by atoms with Gasteiger partial charge in [0.2, 0.25) is 0 Å². The van der Waals surface area contributed by atoms with E-state index >= 15 is 0 Å². The lowest BCUT2D eigenvalue weighted by Gasteiger charge is -2.10. The van der Waals surface area contributed by atoms with Crippen molar-refractivity contribution in [2.45, 2.75) is 0 Å². The Balaban J connectivity index is 1.73. The van der Waals surface area contributed by atoms with E-state index in [2.05, 4.69) is 11.2 Å². The Bertz CT molecular complexity index is 1200. The molecule has 0 aliphatic rings. The number of ether oxygens (including phenoxy) is 1. The summed E-state index contributed by atoms with van der Waals surface area (Å²) in [4.78, 5) is 15.8. The van der Waals surface area contributed by atoms with E-state index < -0.39 is 5.97 Å². The maximum atomic E-state index is 11.1. The summed E-state index contributed by atoms with van der Waals surface area (Å²) in [5.74, 6) is 2.95. The Morgan fingerprint density at radius 1 is 1.10 bits per heavy atom. The smallest absolute Gasteiger partial charge is 0.335 e. The molecule has 0 radical (unpaired) electrons. The number of rotatable bonds is 6. The monoisotopic (exact) mass is 383 g/mol. The Kier molecular flexibility index (Phi) is 4.87. The summed E-state index contributed by atoms with van der Waals surface area (Å²) in [5.41, 5.74) is 3.46. The number of carbonyl (C=O) groups is 1. The molecular weight excluding hydrogens is 366 g/mol. The van der Waals surface area contributed by atoms with Crippen LogP contribution in [0, 0.1) is 12.3 Å². The average Bonchev–Trinajstić information content (AvgIpc) is 3.11. The van der Waals surface area contributed by atoms with Crippen LogP contribution in [0.1, 0.15) is 10.4 Å². The summed E-state index contributed by atoms with van der Waals surface area (Å²) in [6.07, 6.45) is 7.15. The van der Waals surface area contributed by atoms with Gasteiger partial charge in [-0.05, 0) is 60.7 Å². The van der Waals surface area contributed by atoms with E-state index in [1.54, 1.807) is 24.3 Å². The zero-order valence-corrected chi connectivity index (χ0v) is 15.4. The maximum absolute atomic E-state index is 11.1. The highest BCUT2D eigenvalue weighted by Gasteiger charge is 2.14. The van der Waals surface area contributed by atoms with Crippen LogP contribution in [-0.2, 0) is 0 Å². The van der Waals surface area contributed by atoms with Crippen LogP contribution in [0.2, 0.25) is 0 Å². The molecule has 0 spiro atoms. The van der Waals surface area contributed by atoms with Crippen molar-refractivity contribution in [2.24, 2.45) is 0 Å². The summed E-state index contributed by atoms with van der Waals surface area (Å²) in [6.45, 7) is 0.215. The van der Waals surface area contributed by atoms with Crippen LogP contribution in [0.25, 0.3) is 16.9 Å². The molecule has 142 valence electrons. The summed E-state index contributed by atoms with van der Waals surface area (Å²) in [6, 6.07) is 19.9. The molecule has 0 aliphatic carbocycles. The molecule has 0 unspecified atom stereocenters. The number of terminal acetylenes is 1. The number of carboxylic acid groups (broad SMARTS) is 1. The van der Waals surface area contributed by atoms with E-state index in [9.17, 15) is 4.79 Å². The number of fused-ring (bicyclic) bond motifs is 1. The Labute approximate surface area is 167 Å². The van der Waals surface area contributed by atoms with Gasteiger partial charge in [0.1, 0.15) is 29.5 Å². The van der Waals surface area contributed by atoms with Crippen LogP contribution < -0.4 is 10.1 Å². The molecule has 2 aromatic carbocycles. The molecule has 0 saturated heterocycles. The number of hydrogen-bond donors (Lipinski definition) is 2. The van der Waals surface area contributed by atoms with Crippen molar-refractivity contribution < 1.29 is 14.6 Å². The zero-order valence-electron chi connectivity index (χ0n) is 15.4. The van der Waals surface area contributed by atoms with Crippen LogP contribution >= 0.6 is 0 Å². The number of carboxylic acids is 1. The number of hydrogen-bond acceptors (Lipinski definition) is 4. The molecule has 2 heterocycles. The zero-order chi connectivity index (χ0) is 20.2. The lowest BCUT2D eigenvalue weighted by molar-refractivity contribution is 0.0697. The Morgan fingerprint density at radius 2 is 1.86 bits per heavy atom. The largest absolute Gasteiger partial charge is 0.481 e. The van der Waals surface area contributed by atoms with E-state index in [4.69, 9.17) is 21.3 Å². The molecule has 6 nitrogen and oxygen atoms in total. The molecule has 2 N–H and O–H groups in total. The molecule has 0 atom stereocenters. The molecule has 6 heteroatoms. The number of imidazole rings is 1. The van der Waals surface area contributed by atoms with Crippen molar-refractivity contribution in [3.63, 3.8) is 0 Å². The minimum atomic E-state index is -0.959. The quantitative estimate of drug-likeness (QED) is 0.481. The van der Waals surface area contributed by atoms with Gasteiger partial charge < -0.3 is 15.2 Å². The Hall–Kier alpha value is -4.24. The second-order valence-electron chi connectivity index (χ2n) is 6.26. The van der Waals surface area contributed by atoms with E-state index in [1.165, 1.54) is 0 Å². The highest BCUT2D eigenvalue weighted by molar-refractivity contribution is 5.88. The van der Waals surface area contributed by atoms with Gasteiger partial charge in [-0.25, -0.2) is 9.78 Å². The van der Waals surface area contributed by atoms with Crippen LogP contribution in [0.4, 0.5) is 11.5 Å². The van der Waals surface area contributed by atoms with Gasteiger partial charge in [0.25, 0.3) is 0 Å². The van der Waals surface area contributed by atoms with Crippen LogP contribution in [0.15, 0.2) is 72.9 Å². The molecule has 29 heavy (non-hydrogen) atoms. The first-order chi connectivity index (χ1) is 14.2. The first-order valence-corrected chi connectivity index (χ1v) is 8.90. The molecule has 0 bridgehead atoms. The van der Waals surface area contributed by atoms with Gasteiger partial charge in [0.05, 0.1) is 5.56 Å². The third-order valence-electron chi connectivity index (χ3n) is 4.37. The summed E-state index contributed by atoms with van der Waals surface area (Å²) >= 11 is 0. The van der Waals surface area contributed by atoms with Gasteiger partial charge in [-0.15, -0.1) is 6.42 Å². The number of nitrogens with zero attached hydrogens (tertiary/aromatic N) is 2. The fourth-order valence-corrected chi connectivity index (χ4v) is 2.98. The summed E-state index contributed by atoms with van der Waals surface area (Å²) < 4.78 is 7.38. The van der Waals surface area contributed by atoms with Gasteiger partial charge in [-0.3, -0.25) is 4.40 Å². The second-order valence-corrected chi connectivity index (χ2v) is 6.26. The van der Waals surface area contributed by atoms with Crippen molar-refractivity contribution in [3.05, 3.63) is 78.5 Å². The van der Waals surface area contributed by atoms with Crippen molar-refractivity contribution in [2.75, 3.05) is 11.9 Å². The number of aromatic carboxylic acids is 1. The number of benzene rings is 2. The van der Waals surface area contributed by atoms with Crippen LogP contribution in [0.5, 0.6) is 5.75 Å². The van der Waals surface area contributed by atoms with E-state index in [0.717, 1.165) is 28.4 Å². The topological polar surface area (TPSA) is 75.9 Å². The molecule has 0 saturated carbocycles. The SMILES string of the molecule is C#CCOc1ccc(-c2nc3ccccn3c2Nc2ccc(C(=O)O)cc2)cc1. The number of aromatic nitrogens is 2. The highest BCUT2D eigenvalue weighted by Crippen LogP contribution is 2.32. The molecule has 4 rings (SSSR count). The predicted molar refractivity (Wildman–Crippen MR) is 112 cm³/mol. The van der Waals surface area contributed by atoms with Crippen molar-refractivity contribution in [1.29, 1.82) is 0 Å². The lowest BCUT2D eigenvalue weighted by atomic mass is 10.1. The number of pyridine rings is 1. The molecule has 0 aliphatic heterocycles. The second kappa shape index (κ2) is 7.79. The minimum Gasteiger partial charge on any atom is -0.481 e. The Morgan fingerprint density at radius 3 is 2.55 bits per heavy atom. The van der Waals surface area contributed by atoms with Gasteiger partial charge in [0.15, 0.2) is 0 Å². The van der Waals surface area contributed by atoms with E-state index in [0.29, 0.717) is 5.75 Å². The average molecular weight is 383 g/mol. The fourth-order valence-electron chi connectivity index (χ4n) is 2.98. The first kappa shape index (κ1) is 18.1. The van der Waals surface area contributed by atoms with Crippen LogP contribution in [-0.4, -0.2) is 27.1 Å². The van der Waals surface area contributed by atoms with E-state index in [-0.39, 0.29) is 12.2 Å². The van der Waals surface area contributed by atoms with Gasteiger partial charge in [-0.2, -0.15) is 0 Å². The van der Waals surface area contributed by atoms with E-state index in [1.807, 2.05) is 53.1 Å².